The molecule has 1 heteroatoms. The van der Waals surface area contributed by atoms with Gasteiger partial charge in [-0.15, -0.1) is 0 Å². The summed E-state index contributed by atoms with van der Waals surface area (Å²) in [4.78, 5) is 0. The lowest BCUT2D eigenvalue weighted by Gasteiger charge is -2.28. The van der Waals surface area contributed by atoms with Crippen molar-refractivity contribution in [1.29, 1.82) is 0 Å². The summed E-state index contributed by atoms with van der Waals surface area (Å²) < 4.78 is 6.08. The Labute approximate surface area is 184 Å². The molecule has 0 unspecified atom stereocenters. The highest BCUT2D eigenvalue weighted by molar-refractivity contribution is 5.44. The van der Waals surface area contributed by atoms with Gasteiger partial charge in [-0.05, 0) is 79.5 Å². The SMILES string of the molecule is CCCCc1ccc(C#Cc2ccc(OCC3CCC(CCCC)CC3)cc2)cc1. The highest BCUT2D eigenvalue weighted by Crippen LogP contribution is 2.32. The van der Waals surface area contributed by atoms with Crippen LogP contribution in [0.1, 0.15) is 88.3 Å². The van der Waals surface area contributed by atoms with E-state index in [9.17, 15) is 0 Å². The minimum absolute atomic E-state index is 0.725. The van der Waals surface area contributed by atoms with Crippen LogP contribution in [0.2, 0.25) is 0 Å². The summed E-state index contributed by atoms with van der Waals surface area (Å²) in [5.41, 5.74) is 3.51. The Balaban J connectivity index is 1.43. The average Bonchev–Trinajstić information content (AvgIpc) is 2.80. The van der Waals surface area contributed by atoms with Crippen LogP contribution in [-0.4, -0.2) is 6.61 Å². The van der Waals surface area contributed by atoms with E-state index in [0.29, 0.717) is 0 Å². The van der Waals surface area contributed by atoms with Crippen molar-refractivity contribution in [3.05, 3.63) is 65.2 Å². The average molecular weight is 403 g/mol. The first-order valence-electron chi connectivity index (χ1n) is 12.1. The summed E-state index contributed by atoms with van der Waals surface area (Å²) >= 11 is 0. The Bertz CT molecular complexity index is 783. The zero-order valence-corrected chi connectivity index (χ0v) is 19.0. The highest BCUT2D eigenvalue weighted by atomic mass is 16.5. The minimum Gasteiger partial charge on any atom is -0.493 e. The van der Waals surface area contributed by atoms with E-state index < -0.39 is 0 Å². The number of rotatable bonds is 9. The number of benzene rings is 2. The van der Waals surface area contributed by atoms with Crippen LogP contribution >= 0.6 is 0 Å². The molecule has 1 aliphatic rings. The Morgan fingerprint density at radius 1 is 0.733 bits per heavy atom. The molecule has 1 nitrogen and oxygen atoms in total. The fourth-order valence-electron chi connectivity index (χ4n) is 4.31. The molecular formula is C29H38O. The molecule has 0 aliphatic heterocycles. The quantitative estimate of drug-likeness (QED) is 0.389. The summed E-state index contributed by atoms with van der Waals surface area (Å²) in [6.07, 6.45) is 13.2. The lowest BCUT2D eigenvalue weighted by atomic mass is 9.80. The third-order valence-corrected chi connectivity index (χ3v) is 6.40. The molecule has 2 aromatic carbocycles. The maximum Gasteiger partial charge on any atom is 0.119 e. The second-order valence-electron chi connectivity index (χ2n) is 8.91. The minimum atomic E-state index is 0.725. The second kappa shape index (κ2) is 12.5. The smallest absolute Gasteiger partial charge is 0.119 e. The topological polar surface area (TPSA) is 9.23 Å². The van der Waals surface area contributed by atoms with Gasteiger partial charge in [0.25, 0.3) is 0 Å². The van der Waals surface area contributed by atoms with Gasteiger partial charge in [0.05, 0.1) is 6.61 Å². The molecule has 30 heavy (non-hydrogen) atoms. The highest BCUT2D eigenvalue weighted by Gasteiger charge is 2.21. The molecule has 0 atom stereocenters. The first kappa shape index (κ1) is 22.5. The molecule has 0 radical (unpaired) electrons. The Hall–Kier alpha value is -2.20. The second-order valence-corrected chi connectivity index (χ2v) is 8.91. The summed E-state index contributed by atoms with van der Waals surface area (Å²) in [7, 11) is 0. The lowest BCUT2D eigenvalue weighted by molar-refractivity contribution is 0.178. The summed E-state index contributed by atoms with van der Waals surface area (Å²) in [5.74, 6) is 9.20. The van der Waals surface area contributed by atoms with Crippen LogP contribution in [0.3, 0.4) is 0 Å². The number of hydrogen-bond acceptors (Lipinski definition) is 1. The molecule has 0 amide bonds. The van der Waals surface area contributed by atoms with Crippen molar-refractivity contribution in [3.8, 4) is 17.6 Å². The molecule has 1 saturated carbocycles. The van der Waals surface area contributed by atoms with Crippen LogP contribution in [0.4, 0.5) is 0 Å². The van der Waals surface area contributed by atoms with E-state index in [-0.39, 0.29) is 0 Å². The predicted molar refractivity (Wildman–Crippen MR) is 128 cm³/mol. The van der Waals surface area contributed by atoms with Crippen molar-refractivity contribution in [2.24, 2.45) is 11.8 Å². The third-order valence-electron chi connectivity index (χ3n) is 6.40. The molecule has 0 aromatic heterocycles. The van der Waals surface area contributed by atoms with Gasteiger partial charge in [-0.2, -0.15) is 0 Å². The van der Waals surface area contributed by atoms with Gasteiger partial charge in [-0.1, -0.05) is 76.3 Å². The van der Waals surface area contributed by atoms with Crippen molar-refractivity contribution in [2.75, 3.05) is 6.61 Å². The van der Waals surface area contributed by atoms with Crippen molar-refractivity contribution in [3.63, 3.8) is 0 Å². The number of ether oxygens (including phenoxy) is 1. The van der Waals surface area contributed by atoms with Crippen molar-refractivity contribution < 1.29 is 4.74 Å². The molecule has 1 fully saturated rings. The van der Waals surface area contributed by atoms with Crippen molar-refractivity contribution >= 4 is 0 Å². The van der Waals surface area contributed by atoms with E-state index in [1.165, 1.54) is 63.4 Å². The molecule has 2 aromatic rings. The van der Waals surface area contributed by atoms with Gasteiger partial charge >= 0.3 is 0 Å². The predicted octanol–water partition coefficient (Wildman–Crippen LogP) is 7.80. The first-order valence-corrected chi connectivity index (χ1v) is 12.1. The molecule has 0 N–H and O–H groups in total. The molecular weight excluding hydrogens is 364 g/mol. The van der Waals surface area contributed by atoms with Gasteiger partial charge in [0.15, 0.2) is 0 Å². The monoisotopic (exact) mass is 402 g/mol. The van der Waals surface area contributed by atoms with Crippen molar-refractivity contribution in [1.82, 2.24) is 0 Å². The zero-order chi connectivity index (χ0) is 21.0. The maximum atomic E-state index is 6.08. The standard InChI is InChI=1S/C29H38O/c1-3-5-7-24-9-11-26(12-10-24)13-14-27-19-21-29(22-20-27)30-23-28-17-15-25(16-18-28)8-6-4-2/h9-12,19-22,25,28H,3-8,15-18,23H2,1-2H3. The van der Waals surface area contributed by atoms with Gasteiger partial charge in [0, 0.05) is 11.1 Å². The van der Waals surface area contributed by atoms with Crippen LogP contribution in [0.5, 0.6) is 5.75 Å². The van der Waals surface area contributed by atoms with E-state index in [0.717, 1.165) is 41.7 Å². The molecule has 0 bridgehead atoms. The third kappa shape index (κ3) is 7.56. The molecule has 3 rings (SSSR count). The Morgan fingerprint density at radius 2 is 1.30 bits per heavy atom. The van der Waals surface area contributed by atoms with Crippen molar-refractivity contribution in [2.45, 2.75) is 78.1 Å². The van der Waals surface area contributed by atoms with Crippen LogP contribution in [0.15, 0.2) is 48.5 Å². The van der Waals surface area contributed by atoms with Crippen LogP contribution in [-0.2, 0) is 6.42 Å². The normalized spacial score (nSPS) is 18.5. The maximum absolute atomic E-state index is 6.08. The summed E-state index contributed by atoms with van der Waals surface area (Å²) in [6.45, 7) is 5.38. The van der Waals surface area contributed by atoms with E-state index in [1.54, 1.807) is 0 Å². The Kier molecular flexibility index (Phi) is 9.36. The van der Waals surface area contributed by atoms with E-state index in [2.05, 4.69) is 74.2 Å². The summed E-state index contributed by atoms with van der Waals surface area (Å²) in [6, 6.07) is 16.9. The first-order chi connectivity index (χ1) is 14.8. The van der Waals surface area contributed by atoms with Gasteiger partial charge < -0.3 is 4.74 Å². The molecule has 0 saturated heterocycles. The van der Waals surface area contributed by atoms with Gasteiger partial charge in [0.2, 0.25) is 0 Å². The van der Waals surface area contributed by atoms with Crippen LogP contribution in [0, 0.1) is 23.7 Å². The Morgan fingerprint density at radius 3 is 1.90 bits per heavy atom. The van der Waals surface area contributed by atoms with E-state index in [4.69, 9.17) is 4.74 Å². The number of aryl methyl sites for hydroxylation is 1. The number of hydrogen-bond donors (Lipinski definition) is 0. The van der Waals surface area contributed by atoms with Crippen LogP contribution < -0.4 is 4.74 Å². The van der Waals surface area contributed by atoms with E-state index in [1.807, 2.05) is 0 Å². The largest absolute Gasteiger partial charge is 0.493 e. The molecule has 1 aliphatic carbocycles. The molecule has 0 spiro atoms. The van der Waals surface area contributed by atoms with Gasteiger partial charge in [-0.25, -0.2) is 0 Å². The molecule has 160 valence electrons. The number of unbranched alkanes of at least 4 members (excludes halogenated alkanes) is 2. The van der Waals surface area contributed by atoms with Gasteiger partial charge in [0.1, 0.15) is 5.75 Å². The fraction of sp³-hybridized carbons (Fsp3) is 0.517. The fourth-order valence-corrected chi connectivity index (χ4v) is 4.31. The zero-order valence-electron chi connectivity index (χ0n) is 19.0. The van der Waals surface area contributed by atoms with Gasteiger partial charge in [-0.3, -0.25) is 0 Å². The van der Waals surface area contributed by atoms with Crippen LogP contribution in [0.25, 0.3) is 0 Å². The van der Waals surface area contributed by atoms with E-state index >= 15 is 0 Å². The molecule has 0 heterocycles. The summed E-state index contributed by atoms with van der Waals surface area (Å²) in [5, 5.41) is 0. The lowest BCUT2D eigenvalue weighted by Crippen LogP contribution is -2.20.